The van der Waals surface area contributed by atoms with Crippen molar-refractivity contribution in [3.8, 4) is 11.1 Å². The van der Waals surface area contributed by atoms with E-state index in [1.54, 1.807) is 0 Å². The van der Waals surface area contributed by atoms with Gasteiger partial charge in [-0.15, -0.1) is 0 Å². The van der Waals surface area contributed by atoms with Gasteiger partial charge in [0.05, 0.1) is 17.9 Å². The van der Waals surface area contributed by atoms with E-state index < -0.39 is 0 Å². The molecule has 2 aromatic heterocycles. The van der Waals surface area contributed by atoms with E-state index in [4.69, 9.17) is 16.6 Å². The lowest BCUT2D eigenvalue weighted by atomic mass is 9.93. The molecule has 6 nitrogen and oxygen atoms in total. The summed E-state index contributed by atoms with van der Waals surface area (Å²) in [5, 5.41) is 5.28. The number of anilines is 1. The zero-order valence-corrected chi connectivity index (χ0v) is 19.6. The second-order valence-electron chi connectivity index (χ2n) is 8.43. The van der Waals surface area contributed by atoms with Crippen molar-refractivity contribution in [1.29, 1.82) is 0 Å². The number of likely N-dealkylation sites (tertiary alicyclic amines) is 1. The molecule has 1 aromatic carbocycles. The van der Waals surface area contributed by atoms with E-state index in [-0.39, 0.29) is 6.04 Å². The summed E-state index contributed by atoms with van der Waals surface area (Å²) in [6, 6.07) is 8.21. The molecular weight excluding hydrogens is 408 g/mol. The highest BCUT2D eigenvalue weighted by Gasteiger charge is 2.29. The minimum Gasteiger partial charge on any atom is -0.347 e. The average Bonchev–Trinajstić information content (AvgIpc) is 3.13. The van der Waals surface area contributed by atoms with Crippen LogP contribution in [-0.2, 0) is 13.1 Å². The maximum absolute atomic E-state index is 6.32. The van der Waals surface area contributed by atoms with E-state index >= 15 is 0 Å². The van der Waals surface area contributed by atoms with E-state index in [0.29, 0.717) is 0 Å². The van der Waals surface area contributed by atoms with Gasteiger partial charge < -0.3 is 4.90 Å². The lowest BCUT2D eigenvalue weighted by molar-refractivity contribution is 0.137. The van der Waals surface area contributed by atoms with E-state index in [1.165, 1.54) is 24.1 Å². The van der Waals surface area contributed by atoms with E-state index in [9.17, 15) is 0 Å². The summed E-state index contributed by atoms with van der Waals surface area (Å²) < 4.78 is 2.07. The van der Waals surface area contributed by atoms with Crippen LogP contribution in [0.25, 0.3) is 11.1 Å². The van der Waals surface area contributed by atoms with Gasteiger partial charge in [0.25, 0.3) is 0 Å². The molecule has 1 atom stereocenters. The molecule has 0 aliphatic carbocycles. The summed E-state index contributed by atoms with van der Waals surface area (Å²) in [4.78, 5) is 14.2. The summed E-state index contributed by atoms with van der Waals surface area (Å²) in [6.07, 6.45) is 7.46. The molecule has 0 N–H and O–H groups in total. The van der Waals surface area contributed by atoms with Crippen molar-refractivity contribution < 1.29 is 0 Å². The predicted octanol–water partition coefficient (Wildman–Crippen LogP) is 5.12. The Labute approximate surface area is 189 Å². The molecule has 0 unspecified atom stereocenters. The van der Waals surface area contributed by atoms with Crippen LogP contribution < -0.4 is 4.90 Å². The average molecular weight is 439 g/mol. The summed E-state index contributed by atoms with van der Waals surface area (Å²) in [5.74, 6) is 0.737. The van der Waals surface area contributed by atoms with Crippen molar-refractivity contribution >= 4 is 17.5 Å². The Balaban J connectivity index is 1.75. The Kier molecular flexibility index (Phi) is 6.58. The smallest absolute Gasteiger partial charge is 0.225 e. The molecule has 1 fully saturated rings. The number of nitrogens with zero attached hydrogens (tertiary/aromatic N) is 6. The van der Waals surface area contributed by atoms with Crippen LogP contribution in [0.1, 0.15) is 49.2 Å². The maximum atomic E-state index is 6.32. The summed E-state index contributed by atoms with van der Waals surface area (Å²) in [7, 11) is 3.97. The lowest BCUT2D eigenvalue weighted by Crippen LogP contribution is -2.34. The van der Waals surface area contributed by atoms with Crippen molar-refractivity contribution in [2.75, 3.05) is 25.5 Å². The summed E-state index contributed by atoms with van der Waals surface area (Å²) in [6.45, 7) is 7.13. The monoisotopic (exact) mass is 438 g/mol. The van der Waals surface area contributed by atoms with Gasteiger partial charge in [-0.2, -0.15) is 5.10 Å². The molecular formula is C24H31ClN6. The zero-order valence-electron chi connectivity index (χ0n) is 18.8. The van der Waals surface area contributed by atoms with Gasteiger partial charge in [0.15, 0.2) is 0 Å². The molecule has 164 valence electrons. The molecule has 0 spiro atoms. The minimum absolute atomic E-state index is 0.230. The van der Waals surface area contributed by atoms with Crippen molar-refractivity contribution in [3.05, 3.63) is 58.6 Å². The molecule has 0 amide bonds. The van der Waals surface area contributed by atoms with Crippen LogP contribution in [0, 0.1) is 6.92 Å². The molecule has 1 saturated heterocycles. The first-order valence-corrected chi connectivity index (χ1v) is 11.4. The number of halogens is 1. The van der Waals surface area contributed by atoms with Crippen molar-refractivity contribution in [1.82, 2.24) is 24.6 Å². The van der Waals surface area contributed by atoms with Crippen LogP contribution >= 0.6 is 11.6 Å². The molecule has 1 aliphatic rings. The Bertz CT molecular complexity index is 1040. The third kappa shape index (κ3) is 4.60. The topological polar surface area (TPSA) is 50.1 Å². The number of piperidine rings is 1. The molecule has 0 saturated carbocycles. The fourth-order valence-electron chi connectivity index (χ4n) is 4.40. The number of hydrogen-bond acceptors (Lipinski definition) is 5. The molecule has 1 aliphatic heterocycles. The van der Waals surface area contributed by atoms with Crippen LogP contribution in [0.3, 0.4) is 0 Å². The van der Waals surface area contributed by atoms with Crippen LogP contribution in [-0.4, -0.2) is 45.3 Å². The number of benzene rings is 1. The molecule has 0 radical (unpaired) electrons. The van der Waals surface area contributed by atoms with Gasteiger partial charge in [0, 0.05) is 55.2 Å². The summed E-state index contributed by atoms with van der Waals surface area (Å²) >= 11 is 6.32. The Hall–Kier alpha value is -2.44. The number of hydrogen-bond donors (Lipinski definition) is 0. The molecule has 4 rings (SSSR count). The van der Waals surface area contributed by atoms with Gasteiger partial charge in [-0.1, -0.05) is 30.2 Å². The molecule has 3 aromatic rings. The van der Waals surface area contributed by atoms with Gasteiger partial charge in [-0.25, -0.2) is 9.97 Å². The first kappa shape index (κ1) is 21.8. The van der Waals surface area contributed by atoms with E-state index in [2.05, 4.69) is 39.6 Å². The molecule has 0 bridgehead atoms. The third-order valence-electron chi connectivity index (χ3n) is 6.15. The maximum Gasteiger partial charge on any atom is 0.225 e. The molecule has 3 heterocycles. The highest BCUT2D eigenvalue weighted by molar-refractivity contribution is 6.30. The largest absolute Gasteiger partial charge is 0.347 e. The van der Waals surface area contributed by atoms with Crippen LogP contribution in [0.2, 0.25) is 5.02 Å². The van der Waals surface area contributed by atoms with Crippen LogP contribution in [0.15, 0.2) is 36.7 Å². The first-order chi connectivity index (χ1) is 15.0. The number of rotatable bonds is 6. The van der Waals surface area contributed by atoms with Gasteiger partial charge in [0.2, 0.25) is 5.95 Å². The molecule has 31 heavy (non-hydrogen) atoms. The van der Waals surface area contributed by atoms with E-state index in [1.807, 2.05) is 49.6 Å². The summed E-state index contributed by atoms with van der Waals surface area (Å²) in [5.41, 5.74) is 5.75. The predicted molar refractivity (Wildman–Crippen MR) is 126 cm³/mol. The van der Waals surface area contributed by atoms with Crippen LogP contribution in [0.4, 0.5) is 5.95 Å². The molecule has 7 heteroatoms. The van der Waals surface area contributed by atoms with Gasteiger partial charge in [-0.05, 0) is 50.9 Å². The Morgan fingerprint density at radius 1 is 1.19 bits per heavy atom. The first-order valence-electron chi connectivity index (χ1n) is 11.0. The second kappa shape index (κ2) is 9.37. The SMILES string of the molecule is CCn1ncc(CN2CCCC[C@@H]2c2nc(N(C)C)ncc2-c2cccc(Cl)c2)c1C. The third-order valence-corrected chi connectivity index (χ3v) is 6.38. The second-order valence-corrected chi connectivity index (χ2v) is 8.86. The van der Waals surface area contributed by atoms with E-state index in [0.717, 1.165) is 53.8 Å². The van der Waals surface area contributed by atoms with Crippen LogP contribution in [0.5, 0.6) is 0 Å². The van der Waals surface area contributed by atoms with Crippen molar-refractivity contribution in [3.63, 3.8) is 0 Å². The quantitative estimate of drug-likeness (QED) is 0.534. The zero-order chi connectivity index (χ0) is 22.0. The minimum atomic E-state index is 0.230. The lowest BCUT2D eigenvalue weighted by Gasteiger charge is -2.36. The highest BCUT2D eigenvalue weighted by atomic mass is 35.5. The van der Waals surface area contributed by atoms with Gasteiger partial charge >= 0.3 is 0 Å². The number of aryl methyl sites for hydroxylation is 1. The Morgan fingerprint density at radius 3 is 2.74 bits per heavy atom. The van der Waals surface area contributed by atoms with Crippen molar-refractivity contribution in [2.24, 2.45) is 0 Å². The standard InChI is InChI=1S/C24H31ClN6/c1-5-31-17(2)19(14-27-31)16-30-12-7-6-11-22(30)23-21(15-26-24(28-23)29(3)4)18-9-8-10-20(25)13-18/h8-10,13-15,22H,5-7,11-12,16H2,1-4H3/t22-/m1/s1. The fraction of sp³-hybridized carbons (Fsp3) is 0.458. The normalized spacial score (nSPS) is 17.1. The number of aromatic nitrogens is 4. The Morgan fingerprint density at radius 2 is 2.03 bits per heavy atom. The fourth-order valence-corrected chi connectivity index (χ4v) is 4.59. The highest BCUT2D eigenvalue weighted by Crippen LogP contribution is 2.37. The van der Waals surface area contributed by atoms with Crippen molar-refractivity contribution in [2.45, 2.75) is 52.2 Å². The van der Waals surface area contributed by atoms with Gasteiger partial charge in [0.1, 0.15) is 0 Å². The van der Waals surface area contributed by atoms with Gasteiger partial charge in [-0.3, -0.25) is 9.58 Å².